The lowest BCUT2D eigenvalue weighted by atomic mass is 10.2. The van der Waals surface area contributed by atoms with E-state index in [0.717, 1.165) is 5.76 Å². The van der Waals surface area contributed by atoms with E-state index in [1.165, 1.54) is 12.1 Å². The molecule has 0 bridgehead atoms. The molecule has 2 aromatic rings. The predicted molar refractivity (Wildman–Crippen MR) is 67.1 cm³/mol. The zero-order chi connectivity index (χ0) is 13.0. The fourth-order valence-electron chi connectivity index (χ4n) is 1.50. The van der Waals surface area contributed by atoms with Gasteiger partial charge in [0.25, 0.3) is 0 Å². The van der Waals surface area contributed by atoms with E-state index in [1.807, 2.05) is 0 Å². The predicted octanol–water partition coefficient (Wildman–Crippen LogP) is 3.64. The Hall–Kier alpha value is -1.81. The van der Waals surface area contributed by atoms with Gasteiger partial charge in [-0.15, -0.1) is 0 Å². The molecule has 0 saturated carbocycles. The average molecular weight is 268 g/mol. The number of anilines is 1. The highest BCUT2D eigenvalue weighted by molar-refractivity contribution is 6.31. The normalized spacial score (nSPS) is 10.3. The number of nitrogens with one attached hydrogen (secondary N) is 1. The number of aryl methyl sites for hydroxylation is 1. The van der Waals surface area contributed by atoms with Crippen LogP contribution < -0.4 is 5.32 Å². The van der Waals surface area contributed by atoms with Gasteiger partial charge < -0.3 is 9.73 Å². The number of rotatable bonds is 4. The summed E-state index contributed by atoms with van der Waals surface area (Å²) in [5.74, 6) is -0.185. The van der Waals surface area contributed by atoms with E-state index in [4.69, 9.17) is 16.0 Å². The summed E-state index contributed by atoms with van der Waals surface area (Å²) in [6, 6.07) is 8.01. The quantitative estimate of drug-likeness (QED) is 0.919. The third-order valence-electron chi connectivity index (χ3n) is 2.40. The van der Waals surface area contributed by atoms with Crippen LogP contribution in [0.2, 0.25) is 5.02 Å². The largest absolute Gasteiger partial charge is 0.469 e. The maximum Gasteiger partial charge on any atom is 0.224 e. The molecule has 0 saturated heterocycles. The SMILES string of the molecule is O=C(CCc1ccco1)Nc1cccc(Cl)c1F. The Kier molecular flexibility index (Phi) is 3.99. The number of benzene rings is 1. The van der Waals surface area contributed by atoms with E-state index in [0.29, 0.717) is 6.42 Å². The van der Waals surface area contributed by atoms with E-state index in [1.54, 1.807) is 24.5 Å². The minimum Gasteiger partial charge on any atom is -0.469 e. The van der Waals surface area contributed by atoms with Crippen LogP contribution in [0.1, 0.15) is 12.2 Å². The van der Waals surface area contributed by atoms with Crippen LogP contribution in [0.5, 0.6) is 0 Å². The van der Waals surface area contributed by atoms with Gasteiger partial charge in [0.1, 0.15) is 5.76 Å². The Balaban J connectivity index is 1.93. The molecule has 0 spiro atoms. The Morgan fingerprint density at radius 3 is 2.89 bits per heavy atom. The molecular weight excluding hydrogens is 257 g/mol. The van der Waals surface area contributed by atoms with Gasteiger partial charge in [-0.25, -0.2) is 4.39 Å². The minimum atomic E-state index is -0.620. The summed E-state index contributed by atoms with van der Waals surface area (Å²) in [7, 11) is 0. The Morgan fingerprint density at radius 1 is 1.33 bits per heavy atom. The molecule has 0 fully saturated rings. The van der Waals surface area contributed by atoms with Crippen LogP contribution >= 0.6 is 11.6 Å². The molecule has 1 heterocycles. The van der Waals surface area contributed by atoms with Crippen molar-refractivity contribution in [1.29, 1.82) is 0 Å². The lowest BCUT2D eigenvalue weighted by Crippen LogP contribution is -2.13. The van der Waals surface area contributed by atoms with Crippen molar-refractivity contribution in [3.05, 3.63) is 53.2 Å². The summed E-state index contributed by atoms with van der Waals surface area (Å²) in [6.45, 7) is 0. The first-order valence-electron chi connectivity index (χ1n) is 5.43. The standard InChI is InChI=1S/C13H11ClFNO2/c14-10-4-1-5-11(13(10)15)16-12(17)7-6-9-3-2-8-18-9/h1-5,8H,6-7H2,(H,16,17). The molecule has 1 aromatic carbocycles. The van der Waals surface area contributed by atoms with Gasteiger partial charge >= 0.3 is 0 Å². The Labute approximate surface area is 109 Å². The van der Waals surface area contributed by atoms with E-state index < -0.39 is 5.82 Å². The molecule has 1 amide bonds. The van der Waals surface area contributed by atoms with Crippen molar-refractivity contribution in [1.82, 2.24) is 0 Å². The summed E-state index contributed by atoms with van der Waals surface area (Å²) < 4.78 is 18.6. The molecule has 18 heavy (non-hydrogen) atoms. The molecule has 0 aliphatic heterocycles. The highest BCUT2D eigenvalue weighted by Gasteiger charge is 2.10. The van der Waals surface area contributed by atoms with Crippen molar-refractivity contribution >= 4 is 23.2 Å². The molecule has 5 heteroatoms. The average Bonchev–Trinajstić information content (AvgIpc) is 2.86. The molecule has 3 nitrogen and oxygen atoms in total. The number of halogens is 2. The summed E-state index contributed by atoms with van der Waals surface area (Å²) in [5.41, 5.74) is 0.0898. The molecule has 0 radical (unpaired) electrons. The first kappa shape index (κ1) is 12.6. The Bertz CT molecular complexity index is 540. The van der Waals surface area contributed by atoms with Crippen LogP contribution in [0.3, 0.4) is 0 Å². The van der Waals surface area contributed by atoms with Crippen LogP contribution in [0.15, 0.2) is 41.0 Å². The van der Waals surface area contributed by atoms with Gasteiger partial charge in [0.05, 0.1) is 17.0 Å². The molecule has 0 atom stereocenters. The van der Waals surface area contributed by atoms with E-state index in [-0.39, 0.29) is 23.0 Å². The van der Waals surface area contributed by atoms with Crippen molar-refractivity contribution < 1.29 is 13.6 Å². The fourth-order valence-corrected chi connectivity index (χ4v) is 1.68. The van der Waals surface area contributed by atoms with Gasteiger partial charge in [-0.2, -0.15) is 0 Å². The van der Waals surface area contributed by atoms with E-state index in [2.05, 4.69) is 5.32 Å². The number of hydrogen-bond donors (Lipinski definition) is 1. The number of amides is 1. The second-order valence-electron chi connectivity index (χ2n) is 3.73. The molecule has 0 unspecified atom stereocenters. The second kappa shape index (κ2) is 5.69. The summed E-state index contributed by atoms with van der Waals surface area (Å²) >= 11 is 5.61. The third kappa shape index (κ3) is 3.11. The minimum absolute atomic E-state index is 0.0150. The number of furan rings is 1. The van der Waals surface area contributed by atoms with Gasteiger partial charge in [-0.3, -0.25) is 4.79 Å². The first-order valence-corrected chi connectivity index (χ1v) is 5.81. The lowest BCUT2D eigenvalue weighted by molar-refractivity contribution is -0.116. The fraction of sp³-hybridized carbons (Fsp3) is 0.154. The lowest BCUT2D eigenvalue weighted by Gasteiger charge is -2.06. The first-order chi connectivity index (χ1) is 8.66. The van der Waals surface area contributed by atoms with Gasteiger partial charge in [0.15, 0.2) is 5.82 Å². The van der Waals surface area contributed by atoms with Crippen LogP contribution in [-0.4, -0.2) is 5.91 Å². The monoisotopic (exact) mass is 267 g/mol. The van der Waals surface area contributed by atoms with Crippen molar-refractivity contribution in [2.24, 2.45) is 0 Å². The summed E-state index contributed by atoms with van der Waals surface area (Å²) in [5, 5.41) is 2.46. The van der Waals surface area contributed by atoms with Crippen molar-refractivity contribution in [3.8, 4) is 0 Å². The maximum absolute atomic E-state index is 13.5. The van der Waals surface area contributed by atoms with Gasteiger partial charge in [0.2, 0.25) is 5.91 Å². The Morgan fingerprint density at radius 2 is 2.17 bits per heavy atom. The molecule has 2 rings (SSSR count). The molecule has 0 aliphatic carbocycles. The molecule has 1 aromatic heterocycles. The highest BCUT2D eigenvalue weighted by Crippen LogP contribution is 2.22. The van der Waals surface area contributed by atoms with Crippen molar-refractivity contribution in [2.45, 2.75) is 12.8 Å². The smallest absolute Gasteiger partial charge is 0.224 e. The van der Waals surface area contributed by atoms with Gasteiger partial charge in [-0.05, 0) is 24.3 Å². The van der Waals surface area contributed by atoms with Crippen molar-refractivity contribution in [3.63, 3.8) is 0 Å². The number of carbonyl (C=O) groups excluding carboxylic acids is 1. The molecule has 0 aliphatic rings. The highest BCUT2D eigenvalue weighted by atomic mass is 35.5. The second-order valence-corrected chi connectivity index (χ2v) is 4.14. The number of carbonyl (C=O) groups is 1. The molecule has 1 N–H and O–H groups in total. The molecule has 94 valence electrons. The van der Waals surface area contributed by atoms with Crippen LogP contribution in [-0.2, 0) is 11.2 Å². The van der Waals surface area contributed by atoms with E-state index >= 15 is 0 Å². The van der Waals surface area contributed by atoms with E-state index in [9.17, 15) is 9.18 Å². The van der Waals surface area contributed by atoms with Crippen LogP contribution in [0, 0.1) is 5.82 Å². The zero-order valence-electron chi connectivity index (χ0n) is 9.45. The summed E-state index contributed by atoms with van der Waals surface area (Å²) in [6.07, 6.45) is 2.24. The van der Waals surface area contributed by atoms with Gasteiger partial charge in [0, 0.05) is 12.8 Å². The van der Waals surface area contributed by atoms with Crippen molar-refractivity contribution in [2.75, 3.05) is 5.32 Å². The van der Waals surface area contributed by atoms with Gasteiger partial charge in [-0.1, -0.05) is 17.7 Å². The zero-order valence-corrected chi connectivity index (χ0v) is 10.2. The van der Waals surface area contributed by atoms with Crippen LogP contribution in [0.25, 0.3) is 0 Å². The topological polar surface area (TPSA) is 42.2 Å². The maximum atomic E-state index is 13.5. The third-order valence-corrected chi connectivity index (χ3v) is 2.70. The number of hydrogen-bond acceptors (Lipinski definition) is 2. The van der Waals surface area contributed by atoms with Crippen LogP contribution in [0.4, 0.5) is 10.1 Å². The molecular formula is C13H11ClFNO2. The summed E-state index contributed by atoms with van der Waals surface area (Å²) in [4.78, 5) is 11.6.